The maximum absolute atomic E-state index is 15.1. The molecule has 0 radical (unpaired) electrons. The van der Waals surface area contributed by atoms with Gasteiger partial charge in [-0.2, -0.15) is 0 Å². The van der Waals surface area contributed by atoms with Gasteiger partial charge < -0.3 is 19.9 Å². The number of aromatic carboxylic acids is 1. The van der Waals surface area contributed by atoms with Crippen LogP contribution in [-0.2, 0) is 6.54 Å². The lowest BCUT2D eigenvalue weighted by atomic mass is 10.1. The zero-order chi connectivity index (χ0) is 18.1. The molecule has 1 fully saturated rings. The van der Waals surface area contributed by atoms with Gasteiger partial charge in [-0.1, -0.05) is 5.92 Å². The molecule has 25 heavy (non-hydrogen) atoms. The van der Waals surface area contributed by atoms with Crippen LogP contribution in [0.3, 0.4) is 0 Å². The highest BCUT2D eigenvalue weighted by molar-refractivity contribution is 5.93. The molecule has 2 N–H and O–H groups in total. The van der Waals surface area contributed by atoms with Gasteiger partial charge in [0, 0.05) is 32.4 Å². The molecule has 0 saturated carbocycles. The van der Waals surface area contributed by atoms with Gasteiger partial charge >= 0.3 is 5.97 Å². The van der Waals surface area contributed by atoms with Gasteiger partial charge in [-0.3, -0.25) is 4.79 Å². The molecule has 1 aliphatic heterocycles. The van der Waals surface area contributed by atoms with E-state index in [4.69, 9.17) is 11.5 Å². The average molecular weight is 347 g/mol. The maximum Gasteiger partial charge on any atom is 0.341 e. The Kier molecular flexibility index (Phi) is 4.42. The molecule has 1 aromatic carbocycles. The largest absolute Gasteiger partial charge is 0.477 e. The van der Waals surface area contributed by atoms with Gasteiger partial charge in [0.1, 0.15) is 17.1 Å². The number of pyridine rings is 1. The van der Waals surface area contributed by atoms with Crippen molar-refractivity contribution in [2.24, 2.45) is 0 Å². The fraction of sp³-hybridized carbons (Fsp3) is 0.294. The van der Waals surface area contributed by atoms with Crippen LogP contribution in [0.4, 0.5) is 14.5 Å². The summed E-state index contributed by atoms with van der Waals surface area (Å²) in [5.74, 6) is -1.01. The first-order valence-corrected chi connectivity index (χ1v) is 7.63. The van der Waals surface area contributed by atoms with Crippen molar-refractivity contribution in [1.29, 1.82) is 0 Å². The van der Waals surface area contributed by atoms with Crippen molar-refractivity contribution in [2.45, 2.75) is 6.54 Å². The number of anilines is 1. The summed E-state index contributed by atoms with van der Waals surface area (Å²) in [5.41, 5.74) is -1.96. The number of benzene rings is 1. The molecule has 3 rings (SSSR count). The zero-order valence-electron chi connectivity index (χ0n) is 13.2. The van der Waals surface area contributed by atoms with Crippen molar-refractivity contribution in [1.82, 2.24) is 9.88 Å². The summed E-state index contributed by atoms with van der Waals surface area (Å²) >= 11 is 0. The lowest BCUT2D eigenvalue weighted by molar-refractivity contribution is 0.0695. The van der Waals surface area contributed by atoms with E-state index in [1.807, 2.05) is 0 Å². The van der Waals surface area contributed by atoms with Crippen molar-refractivity contribution in [3.8, 4) is 12.3 Å². The Hall–Kier alpha value is -2.92. The summed E-state index contributed by atoms with van der Waals surface area (Å²) in [5, 5.41) is 11.9. The summed E-state index contributed by atoms with van der Waals surface area (Å²) in [6, 6.07) is 0.886. The average Bonchev–Trinajstić information content (AvgIpc) is 2.58. The van der Waals surface area contributed by atoms with Crippen LogP contribution < -0.4 is 15.6 Å². The molecule has 8 heteroatoms. The number of nitrogens with one attached hydrogen (secondary N) is 1. The number of carbonyl (C=O) groups is 1. The number of fused-ring (bicyclic) bond motifs is 1. The minimum atomic E-state index is -1.48. The monoisotopic (exact) mass is 347 g/mol. The number of hydrogen-bond acceptors (Lipinski definition) is 4. The molecule has 6 nitrogen and oxygen atoms in total. The SMILES string of the molecule is C#CCn1cc(C(=O)O)c(=O)c2cc(F)c(N3CCNCC3)c(F)c21. The number of halogens is 2. The van der Waals surface area contributed by atoms with Crippen LogP contribution >= 0.6 is 0 Å². The van der Waals surface area contributed by atoms with Gasteiger partial charge in [0.05, 0.1) is 17.4 Å². The number of rotatable bonds is 3. The van der Waals surface area contributed by atoms with Crippen molar-refractivity contribution < 1.29 is 18.7 Å². The van der Waals surface area contributed by atoms with Crippen molar-refractivity contribution in [3.63, 3.8) is 0 Å². The van der Waals surface area contributed by atoms with Crippen LogP contribution in [0.5, 0.6) is 0 Å². The Labute approximate surface area is 141 Å². The number of carboxylic acids is 1. The van der Waals surface area contributed by atoms with E-state index in [9.17, 15) is 14.0 Å². The van der Waals surface area contributed by atoms with Gasteiger partial charge in [0.15, 0.2) is 5.82 Å². The van der Waals surface area contributed by atoms with Gasteiger partial charge in [0.2, 0.25) is 5.43 Å². The molecule has 0 aliphatic carbocycles. The molecule has 0 unspecified atom stereocenters. The quantitative estimate of drug-likeness (QED) is 0.811. The summed E-state index contributed by atoms with van der Waals surface area (Å²) < 4.78 is 30.8. The Balaban J connectivity index is 2.35. The number of nitrogens with zero attached hydrogens (tertiary/aromatic N) is 2. The van der Waals surface area contributed by atoms with Crippen LogP contribution in [0.1, 0.15) is 10.4 Å². The Morgan fingerprint density at radius 1 is 1.36 bits per heavy atom. The van der Waals surface area contributed by atoms with E-state index >= 15 is 4.39 Å². The van der Waals surface area contributed by atoms with E-state index in [1.165, 1.54) is 0 Å². The van der Waals surface area contributed by atoms with Gasteiger partial charge in [0.25, 0.3) is 0 Å². The predicted octanol–water partition coefficient (Wildman–Crippen LogP) is 1.02. The first kappa shape index (κ1) is 16.9. The Bertz CT molecular complexity index is 956. The molecular formula is C17H15F2N3O3. The third-order valence-corrected chi connectivity index (χ3v) is 4.15. The normalized spacial score (nSPS) is 14.5. The first-order chi connectivity index (χ1) is 12.0. The molecule has 1 aliphatic rings. The highest BCUT2D eigenvalue weighted by Crippen LogP contribution is 2.30. The van der Waals surface area contributed by atoms with Gasteiger partial charge in [-0.25, -0.2) is 13.6 Å². The van der Waals surface area contributed by atoms with Crippen molar-refractivity contribution >= 4 is 22.6 Å². The molecule has 1 aromatic heterocycles. The minimum absolute atomic E-state index is 0.152. The molecule has 0 atom stereocenters. The third-order valence-electron chi connectivity index (χ3n) is 4.15. The number of hydrogen-bond donors (Lipinski definition) is 2. The van der Waals surface area contributed by atoms with Crippen LogP contribution in [0.15, 0.2) is 17.1 Å². The molecule has 2 heterocycles. The fourth-order valence-electron chi connectivity index (χ4n) is 3.03. The number of terminal acetylenes is 1. The number of piperazine rings is 1. The summed E-state index contributed by atoms with van der Waals surface area (Å²) in [7, 11) is 0. The third kappa shape index (κ3) is 2.83. The van der Waals surface area contributed by atoms with Gasteiger partial charge in [-0.15, -0.1) is 6.42 Å². The standard InChI is InChI=1S/C17H15F2N3O3/c1-2-5-22-9-11(17(24)25)16(23)10-8-12(18)15(13(19)14(10)22)21-6-3-20-4-7-21/h1,8-9,20H,3-7H2,(H,24,25). The van der Waals surface area contributed by atoms with Crippen molar-refractivity contribution in [2.75, 3.05) is 31.1 Å². The Morgan fingerprint density at radius 2 is 2.04 bits per heavy atom. The molecule has 1 saturated heterocycles. The summed E-state index contributed by atoms with van der Waals surface area (Å²) in [6.45, 7) is 1.82. The highest BCUT2D eigenvalue weighted by Gasteiger charge is 2.25. The fourth-order valence-corrected chi connectivity index (χ4v) is 3.03. The van der Waals surface area contributed by atoms with Crippen LogP contribution in [0, 0.1) is 24.0 Å². The van der Waals surface area contributed by atoms with Crippen LogP contribution in [-0.4, -0.2) is 41.8 Å². The van der Waals surface area contributed by atoms with E-state index < -0.39 is 28.6 Å². The summed E-state index contributed by atoms with van der Waals surface area (Å²) in [4.78, 5) is 25.1. The van der Waals surface area contributed by atoms with E-state index in [0.29, 0.717) is 26.2 Å². The van der Waals surface area contributed by atoms with Crippen LogP contribution in [0.25, 0.3) is 10.9 Å². The molecule has 0 amide bonds. The molecule has 0 bridgehead atoms. The second-order valence-corrected chi connectivity index (χ2v) is 5.66. The molecule has 130 valence electrons. The lowest BCUT2D eigenvalue weighted by Gasteiger charge is -2.30. The van der Waals surface area contributed by atoms with E-state index in [2.05, 4.69) is 11.2 Å². The number of carboxylic acid groups (broad SMARTS) is 1. The van der Waals surface area contributed by atoms with E-state index in [-0.39, 0.29) is 23.1 Å². The second kappa shape index (κ2) is 6.53. The topological polar surface area (TPSA) is 74.6 Å². The smallest absolute Gasteiger partial charge is 0.341 e. The van der Waals surface area contributed by atoms with E-state index in [0.717, 1.165) is 16.8 Å². The zero-order valence-corrected chi connectivity index (χ0v) is 13.2. The second-order valence-electron chi connectivity index (χ2n) is 5.66. The predicted molar refractivity (Wildman–Crippen MR) is 89.0 cm³/mol. The first-order valence-electron chi connectivity index (χ1n) is 7.63. The lowest BCUT2D eigenvalue weighted by Crippen LogP contribution is -2.44. The molecule has 0 spiro atoms. The van der Waals surface area contributed by atoms with Crippen molar-refractivity contribution in [3.05, 3.63) is 39.7 Å². The molecule has 2 aromatic rings. The van der Waals surface area contributed by atoms with Crippen LogP contribution in [0.2, 0.25) is 0 Å². The van der Waals surface area contributed by atoms with Gasteiger partial charge in [-0.05, 0) is 6.07 Å². The maximum atomic E-state index is 15.1. The highest BCUT2D eigenvalue weighted by atomic mass is 19.1. The number of aromatic nitrogens is 1. The van der Waals surface area contributed by atoms with E-state index in [1.54, 1.807) is 4.90 Å². The molecular weight excluding hydrogens is 332 g/mol. The minimum Gasteiger partial charge on any atom is -0.477 e. The summed E-state index contributed by atoms with van der Waals surface area (Å²) in [6.07, 6.45) is 6.26. The Morgan fingerprint density at radius 3 is 2.64 bits per heavy atom.